The molecule has 0 saturated carbocycles. The smallest absolute Gasteiger partial charge is 0.151 e. The normalized spacial score (nSPS) is 12.2. The van der Waals surface area contributed by atoms with E-state index in [4.69, 9.17) is 16.7 Å². The van der Waals surface area contributed by atoms with Crippen LogP contribution in [-0.2, 0) is 6.61 Å². The monoisotopic (exact) mass is 277 g/mol. The number of hydrogen-bond acceptors (Lipinski definition) is 4. The Balaban J connectivity index is 2.20. The van der Waals surface area contributed by atoms with Crippen molar-refractivity contribution >= 4 is 17.4 Å². The maximum absolute atomic E-state index is 8.95. The fourth-order valence-electron chi connectivity index (χ4n) is 1.81. The van der Waals surface area contributed by atoms with Crippen molar-refractivity contribution in [1.82, 2.24) is 10.2 Å². The van der Waals surface area contributed by atoms with Gasteiger partial charge in [-0.1, -0.05) is 23.7 Å². The van der Waals surface area contributed by atoms with Crippen molar-refractivity contribution in [2.24, 2.45) is 0 Å². The predicted octanol–water partition coefficient (Wildman–Crippen LogP) is 2.82. The molecule has 2 rings (SSSR count). The molecule has 1 aromatic heterocycles. The van der Waals surface area contributed by atoms with E-state index >= 15 is 0 Å². The highest BCUT2D eigenvalue weighted by Gasteiger charge is 2.14. The fourth-order valence-corrected chi connectivity index (χ4v) is 2.01. The fraction of sp³-hybridized carbons (Fsp3) is 0.286. The zero-order valence-corrected chi connectivity index (χ0v) is 11.7. The van der Waals surface area contributed by atoms with Gasteiger partial charge in [0.1, 0.15) is 0 Å². The highest BCUT2D eigenvalue weighted by Crippen LogP contribution is 2.25. The van der Waals surface area contributed by atoms with Crippen molar-refractivity contribution in [2.75, 3.05) is 11.9 Å². The quantitative estimate of drug-likeness (QED) is 0.934. The Morgan fingerprint density at radius 2 is 2.05 bits per heavy atom. The highest BCUT2D eigenvalue weighted by atomic mass is 35.5. The number of aliphatic hydroxyl groups excluding tert-OH is 1. The minimum absolute atomic E-state index is 0.0964. The Labute approximate surface area is 117 Å². The number of rotatable bonds is 4. The summed E-state index contributed by atoms with van der Waals surface area (Å²) in [5.74, 6) is 0.754. The molecule has 0 amide bonds. The topological polar surface area (TPSA) is 49.2 Å². The molecule has 2 aromatic rings. The van der Waals surface area contributed by atoms with Gasteiger partial charge >= 0.3 is 0 Å². The van der Waals surface area contributed by atoms with E-state index in [1.807, 2.05) is 42.3 Å². The van der Waals surface area contributed by atoms with E-state index in [2.05, 4.69) is 17.1 Å². The second-order valence-corrected chi connectivity index (χ2v) is 4.82. The van der Waals surface area contributed by atoms with Crippen LogP contribution in [0, 0.1) is 0 Å². The Morgan fingerprint density at radius 1 is 1.26 bits per heavy atom. The van der Waals surface area contributed by atoms with Crippen molar-refractivity contribution in [3.05, 3.63) is 52.7 Å². The molecule has 0 spiro atoms. The lowest BCUT2D eigenvalue weighted by molar-refractivity contribution is 0.275. The standard InChI is InChI=1S/C14H16ClN3O/c1-10(11-4-3-5-12(15)8-11)18(2)14-7-6-13(9-19)16-17-14/h3-8,10,19H,9H2,1-2H3. The molecule has 0 bridgehead atoms. The van der Waals surface area contributed by atoms with Crippen molar-refractivity contribution in [3.63, 3.8) is 0 Å². The summed E-state index contributed by atoms with van der Waals surface area (Å²) in [7, 11) is 1.95. The van der Waals surface area contributed by atoms with E-state index in [0.717, 1.165) is 16.4 Å². The van der Waals surface area contributed by atoms with Crippen molar-refractivity contribution in [3.8, 4) is 0 Å². The van der Waals surface area contributed by atoms with Crippen LogP contribution in [0.15, 0.2) is 36.4 Å². The molecule has 0 aliphatic carbocycles. The minimum atomic E-state index is -0.0964. The van der Waals surface area contributed by atoms with Crippen LogP contribution in [0.4, 0.5) is 5.82 Å². The Kier molecular flexibility index (Phi) is 4.35. The summed E-state index contributed by atoms with van der Waals surface area (Å²) < 4.78 is 0. The molecule has 0 aliphatic rings. The lowest BCUT2D eigenvalue weighted by atomic mass is 10.1. The molecule has 100 valence electrons. The van der Waals surface area contributed by atoms with E-state index in [0.29, 0.717) is 5.69 Å². The number of benzene rings is 1. The van der Waals surface area contributed by atoms with Gasteiger partial charge in [-0.25, -0.2) is 0 Å². The number of aliphatic hydroxyl groups is 1. The summed E-state index contributed by atoms with van der Waals surface area (Å²) in [6, 6.07) is 11.5. The molecule has 1 atom stereocenters. The number of aromatic nitrogens is 2. The van der Waals surface area contributed by atoms with Gasteiger partial charge in [0.05, 0.1) is 18.3 Å². The van der Waals surface area contributed by atoms with Crippen LogP contribution in [0.3, 0.4) is 0 Å². The SMILES string of the molecule is CC(c1cccc(Cl)c1)N(C)c1ccc(CO)nn1. The maximum atomic E-state index is 8.95. The molecule has 1 unspecified atom stereocenters. The average molecular weight is 278 g/mol. The third-order valence-electron chi connectivity index (χ3n) is 3.14. The van der Waals surface area contributed by atoms with Crippen LogP contribution in [-0.4, -0.2) is 22.4 Å². The number of anilines is 1. The summed E-state index contributed by atoms with van der Waals surface area (Å²) in [5, 5.41) is 17.7. The van der Waals surface area contributed by atoms with Crippen LogP contribution < -0.4 is 4.90 Å². The Hall–Kier alpha value is -1.65. The molecule has 5 heteroatoms. The van der Waals surface area contributed by atoms with Gasteiger partial charge < -0.3 is 10.0 Å². The van der Waals surface area contributed by atoms with Crippen molar-refractivity contribution in [1.29, 1.82) is 0 Å². The summed E-state index contributed by atoms with van der Waals surface area (Å²) in [6.07, 6.45) is 0. The Bertz CT molecular complexity index is 545. The summed E-state index contributed by atoms with van der Waals surface area (Å²) in [6.45, 7) is 1.98. The van der Waals surface area contributed by atoms with Crippen molar-refractivity contribution < 1.29 is 5.11 Å². The largest absolute Gasteiger partial charge is 0.390 e. The van der Waals surface area contributed by atoms with Gasteiger partial charge in [-0.15, -0.1) is 5.10 Å². The molecule has 0 radical (unpaired) electrons. The minimum Gasteiger partial charge on any atom is -0.390 e. The first-order valence-electron chi connectivity index (χ1n) is 6.03. The van der Waals surface area contributed by atoms with Gasteiger partial charge in [0.2, 0.25) is 0 Å². The molecule has 0 aliphatic heterocycles. The van der Waals surface area contributed by atoms with Gasteiger partial charge in [-0.3, -0.25) is 0 Å². The molecule has 1 heterocycles. The lowest BCUT2D eigenvalue weighted by Crippen LogP contribution is -2.23. The first-order chi connectivity index (χ1) is 9.11. The highest BCUT2D eigenvalue weighted by molar-refractivity contribution is 6.30. The second kappa shape index (κ2) is 5.99. The summed E-state index contributed by atoms with van der Waals surface area (Å²) in [4.78, 5) is 2.01. The number of hydrogen-bond donors (Lipinski definition) is 1. The van der Waals surface area contributed by atoms with Crippen LogP contribution in [0.1, 0.15) is 24.2 Å². The van der Waals surface area contributed by atoms with E-state index in [-0.39, 0.29) is 12.6 Å². The summed E-state index contributed by atoms with van der Waals surface area (Å²) >= 11 is 6.00. The van der Waals surface area contributed by atoms with E-state index in [9.17, 15) is 0 Å². The zero-order valence-electron chi connectivity index (χ0n) is 10.9. The van der Waals surface area contributed by atoms with E-state index in [1.165, 1.54) is 0 Å². The molecule has 1 aromatic carbocycles. The average Bonchev–Trinajstić information content (AvgIpc) is 2.46. The molecule has 1 N–H and O–H groups in total. The third-order valence-corrected chi connectivity index (χ3v) is 3.38. The maximum Gasteiger partial charge on any atom is 0.151 e. The van der Waals surface area contributed by atoms with E-state index in [1.54, 1.807) is 6.07 Å². The van der Waals surface area contributed by atoms with Crippen LogP contribution in [0.5, 0.6) is 0 Å². The van der Waals surface area contributed by atoms with Crippen LogP contribution in [0.2, 0.25) is 5.02 Å². The van der Waals surface area contributed by atoms with Crippen LogP contribution in [0.25, 0.3) is 0 Å². The number of nitrogens with zero attached hydrogens (tertiary/aromatic N) is 3. The molecular weight excluding hydrogens is 262 g/mol. The lowest BCUT2D eigenvalue weighted by Gasteiger charge is -2.26. The molecule has 0 saturated heterocycles. The van der Waals surface area contributed by atoms with Gasteiger partial charge in [0.15, 0.2) is 5.82 Å². The molecule has 19 heavy (non-hydrogen) atoms. The first-order valence-corrected chi connectivity index (χ1v) is 6.41. The molecule has 4 nitrogen and oxygen atoms in total. The predicted molar refractivity (Wildman–Crippen MR) is 76.2 cm³/mol. The van der Waals surface area contributed by atoms with Gasteiger partial charge in [-0.2, -0.15) is 5.10 Å². The van der Waals surface area contributed by atoms with E-state index < -0.39 is 0 Å². The van der Waals surface area contributed by atoms with Crippen molar-refractivity contribution in [2.45, 2.75) is 19.6 Å². The van der Waals surface area contributed by atoms with Crippen LogP contribution >= 0.6 is 11.6 Å². The summed E-state index contributed by atoms with van der Waals surface area (Å²) in [5.41, 5.74) is 1.68. The number of halogens is 1. The third kappa shape index (κ3) is 3.22. The Morgan fingerprint density at radius 3 is 2.63 bits per heavy atom. The van der Waals surface area contributed by atoms with Gasteiger partial charge in [0, 0.05) is 12.1 Å². The molecular formula is C14H16ClN3O. The van der Waals surface area contributed by atoms with Gasteiger partial charge in [-0.05, 0) is 36.8 Å². The molecule has 0 fully saturated rings. The zero-order chi connectivity index (χ0) is 13.8. The van der Waals surface area contributed by atoms with Gasteiger partial charge in [0.25, 0.3) is 0 Å². The first kappa shape index (κ1) is 13.8. The second-order valence-electron chi connectivity index (χ2n) is 4.38.